The highest BCUT2D eigenvalue weighted by Gasteiger charge is 2.19. The fourth-order valence-electron chi connectivity index (χ4n) is 2.39. The summed E-state index contributed by atoms with van der Waals surface area (Å²) in [7, 11) is 0. The molecule has 0 radical (unpaired) electrons. The van der Waals surface area contributed by atoms with Crippen molar-refractivity contribution < 1.29 is 4.79 Å². The van der Waals surface area contributed by atoms with Gasteiger partial charge >= 0.3 is 0 Å². The van der Waals surface area contributed by atoms with Crippen molar-refractivity contribution in [3.63, 3.8) is 0 Å². The summed E-state index contributed by atoms with van der Waals surface area (Å²) in [5.41, 5.74) is 4.53. The van der Waals surface area contributed by atoms with Crippen molar-refractivity contribution in [2.24, 2.45) is 0 Å². The third-order valence-electron chi connectivity index (χ3n) is 3.44. The number of rotatable bonds is 3. The second kappa shape index (κ2) is 5.70. The van der Waals surface area contributed by atoms with Gasteiger partial charge in [-0.05, 0) is 41.3 Å². The maximum Gasteiger partial charge on any atom is 0.228 e. The highest BCUT2D eigenvalue weighted by atomic mass is 79.9. The second-order valence-electron chi connectivity index (χ2n) is 4.94. The summed E-state index contributed by atoms with van der Waals surface area (Å²) in [6.07, 6.45) is 1.41. The number of anilines is 1. The van der Waals surface area contributed by atoms with Crippen LogP contribution in [0.15, 0.2) is 46.9 Å². The second-order valence-corrected chi connectivity index (χ2v) is 6.96. The van der Waals surface area contributed by atoms with Gasteiger partial charge in [0, 0.05) is 15.0 Å². The van der Waals surface area contributed by atoms with Crippen LogP contribution in [0.4, 0.5) is 5.69 Å². The maximum atomic E-state index is 11.4. The Balaban J connectivity index is 1.77. The predicted octanol–water partition coefficient (Wildman–Crippen LogP) is 4.62. The quantitative estimate of drug-likeness (QED) is 0.756. The topological polar surface area (TPSA) is 29.1 Å². The molecule has 1 atom stereocenters. The standard InChI is InChI=1S/C16H13Br2NO/c17-13-4-1-10(2-5-13)7-14(18)11-3-6-15-12(8-11)9-16(20)19-15/h1-6,8,14H,7,9H2,(H,19,20). The zero-order valence-corrected chi connectivity index (χ0v) is 13.9. The van der Waals surface area contributed by atoms with Gasteiger partial charge in [-0.25, -0.2) is 0 Å². The Morgan fingerprint density at radius 2 is 1.90 bits per heavy atom. The molecule has 20 heavy (non-hydrogen) atoms. The molecule has 2 aromatic rings. The van der Waals surface area contributed by atoms with Crippen molar-refractivity contribution in [3.8, 4) is 0 Å². The summed E-state index contributed by atoms with van der Waals surface area (Å²) in [6, 6.07) is 14.5. The van der Waals surface area contributed by atoms with Crippen LogP contribution in [0.5, 0.6) is 0 Å². The van der Waals surface area contributed by atoms with Crippen LogP contribution in [-0.4, -0.2) is 5.91 Å². The minimum absolute atomic E-state index is 0.0798. The normalized spacial score (nSPS) is 14.8. The van der Waals surface area contributed by atoms with Crippen molar-refractivity contribution in [2.45, 2.75) is 17.7 Å². The molecule has 1 aliphatic rings. The highest BCUT2D eigenvalue weighted by molar-refractivity contribution is 9.10. The minimum Gasteiger partial charge on any atom is -0.326 e. The van der Waals surface area contributed by atoms with E-state index in [4.69, 9.17) is 0 Å². The Hall–Kier alpha value is -1.13. The van der Waals surface area contributed by atoms with Crippen LogP contribution in [-0.2, 0) is 17.6 Å². The fraction of sp³-hybridized carbons (Fsp3) is 0.188. The zero-order valence-electron chi connectivity index (χ0n) is 10.7. The molecule has 0 spiro atoms. The smallest absolute Gasteiger partial charge is 0.228 e. The number of hydrogen-bond acceptors (Lipinski definition) is 1. The summed E-state index contributed by atoms with van der Waals surface area (Å²) in [5, 5.41) is 2.86. The number of halogens is 2. The lowest BCUT2D eigenvalue weighted by atomic mass is 10.0. The molecule has 0 saturated heterocycles. The molecule has 102 valence electrons. The Kier molecular flexibility index (Phi) is 3.94. The first-order valence-electron chi connectivity index (χ1n) is 6.43. The first-order valence-corrected chi connectivity index (χ1v) is 8.14. The molecule has 1 aliphatic heterocycles. The van der Waals surface area contributed by atoms with E-state index in [1.165, 1.54) is 11.1 Å². The molecule has 0 fully saturated rings. The minimum atomic E-state index is 0.0798. The number of alkyl halides is 1. The van der Waals surface area contributed by atoms with Crippen LogP contribution in [0.25, 0.3) is 0 Å². The van der Waals surface area contributed by atoms with Crippen molar-refractivity contribution in [1.82, 2.24) is 0 Å². The van der Waals surface area contributed by atoms with Crippen LogP contribution >= 0.6 is 31.9 Å². The van der Waals surface area contributed by atoms with Crippen LogP contribution in [0.3, 0.4) is 0 Å². The molecule has 0 aliphatic carbocycles. The van der Waals surface area contributed by atoms with Gasteiger partial charge in [0.1, 0.15) is 0 Å². The summed E-state index contributed by atoms with van der Waals surface area (Å²) >= 11 is 7.19. The fourth-order valence-corrected chi connectivity index (χ4v) is 3.31. The Morgan fingerprint density at radius 1 is 1.15 bits per heavy atom. The molecule has 0 saturated carbocycles. The van der Waals surface area contributed by atoms with Crippen LogP contribution < -0.4 is 5.32 Å². The van der Waals surface area contributed by atoms with E-state index in [1.807, 2.05) is 6.07 Å². The van der Waals surface area contributed by atoms with E-state index in [-0.39, 0.29) is 10.7 Å². The number of amides is 1. The van der Waals surface area contributed by atoms with Crippen molar-refractivity contribution in [1.29, 1.82) is 0 Å². The van der Waals surface area contributed by atoms with Gasteiger partial charge in [0.2, 0.25) is 5.91 Å². The van der Waals surface area contributed by atoms with Gasteiger partial charge in [0.05, 0.1) is 6.42 Å². The molecule has 1 N–H and O–H groups in total. The molecule has 2 nitrogen and oxygen atoms in total. The lowest BCUT2D eigenvalue weighted by molar-refractivity contribution is -0.115. The third-order valence-corrected chi connectivity index (χ3v) is 4.83. The molecular formula is C16H13Br2NO. The molecule has 0 aromatic heterocycles. The molecule has 0 bridgehead atoms. The summed E-state index contributed by atoms with van der Waals surface area (Å²) < 4.78 is 1.09. The molecular weight excluding hydrogens is 382 g/mol. The number of nitrogens with one attached hydrogen (secondary N) is 1. The van der Waals surface area contributed by atoms with Crippen LogP contribution in [0.1, 0.15) is 21.5 Å². The SMILES string of the molecule is O=C1Cc2cc(C(Br)Cc3ccc(Br)cc3)ccc2N1. The van der Waals surface area contributed by atoms with Crippen molar-refractivity contribution in [2.75, 3.05) is 5.32 Å². The largest absolute Gasteiger partial charge is 0.326 e. The first-order chi connectivity index (χ1) is 9.61. The molecule has 1 heterocycles. The van der Waals surface area contributed by atoms with Gasteiger partial charge in [-0.3, -0.25) is 4.79 Å². The highest BCUT2D eigenvalue weighted by Crippen LogP contribution is 2.32. The summed E-state index contributed by atoms with van der Waals surface area (Å²) in [4.78, 5) is 11.6. The van der Waals surface area contributed by atoms with Crippen molar-refractivity contribution in [3.05, 3.63) is 63.6 Å². The Labute approximate surface area is 134 Å². The maximum absolute atomic E-state index is 11.4. The average molecular weight is 395 g/mol. The molecule has 2 aromatic carbocycles. The predicted molar refractivity (Wildman–Crippen MR) is 88.3 cm³/mol. The van der Waals surface area contributed by atoms with Gasteiger partial charge in [0.15, 0.2) is 0 Å². The summed E-state index contributed by atoms with van der Waals surface area (Å²) in [6.45, 7) is 0. The van der Waals surface area contributed by atoms with Gasteiger partial charge in [0.25, 0.3) is 0 Å². The van der Waals surface area contributed by atoms with Crippen LogP contribution in [0.2, 0.25) is 0 Å². The number of hydrogen-bond donors (Lipinski definition) is 1. The van der Waals surface area contributed by atoms with Crippen molar-refractivity contribution >= 4 is 43.5 Å². The molecule has 4 heteroatoms. The van der Waals surface area contributed by atoms with E-state index in [9.17, 15) is 4.79 Å². The van der Waals surface area contributed by atoms with Gasteiger partial charge in [-0.1, -0.05) is 56.1 Å². The van der Waals surface area contributed by atoms with E-state index in [0.29, 0.717) is 6.42 Å². The van der Waals surface area contributed by atoms with Gasteiger partial charge in [-0.15, -0.1) is 0 Å². The summed E-state index contributed by atoms with van der Waals surface area (Å²) in [5.74, 6) is 0.0798. The molecule has 3 rings (SSSR count). The molecule has 1 unspecified atom stereocenters. The van der Waals surface area contributed by atoms with E-state index < -0.39 is 0 Å². The Bertz CT molecular complexity index is 652. The van der Waals surface area contributed by atoms with Gasteiger partial charge in [-0.2, -0.15) is 0 Å². The van der Waals surface area contributed by atoms with E-state index in [2.05, 4.69) is 73.6 Å². The number of carbonyl (C=O) groups excluding carboxylic acids is 1. The average Bonchev–Trinajstić information content (AvgIpc) is 2.80. The van der Waals surface area contributed by atoms with E-state index in [1.54, 1.807) is 0 Å². The Morgan fingerprint density at radius 3 is 2.65 bits per heavy atom. The number of benzene rings is 2. The molecule has 1 amide bonds. The van der Waals surface area contributed by atoms with E-state index in [0.717, 1.165) is 22.1 Å². The van der Waals surface area contributed by atoms with Crippen LogP contribution in [0, 0.1) is 0 Å². The monoisotopic (exact) mass is 393 g/mol. The third kappa shape index (κ3) is 2.96. The van der Waals surface area contributed by atoms with Gasteiger partial charge < -0.3 is 5.32 Å². The lowest BCUT2D eigenvalue weighted by Crippen LogP contribution is -2.03. The zero-order chi connectivity index (χ0) is 14.1. The first kappa shape index (κ1) is 13.8. The number of carbonyl (C=O) groups is 1. The lowest BCUT2D eigenvalue weighted by Gasteiger charge is -2.12. The number of fused-ring (bicyclic) bond motifs is 1. The van der Waals surface area contributed by atoms with E-state index >= 15 is 0 Å².